The highest BCUT2D eigenvalue weighted by Gasteiger charge is 2.65. The van der Waals surface area contributed by atoms with Crippen molar-refractivity contribution in [3.63, 3.8) is 0 Å². The zero-order valence-electron chi connectivity index (χ0n) is 8.97. The number of aliphatic hydroxyl groups is 1. The largest absolute Gasteiger partial charge is 0.382 e. The first-order valence-electron chi connectivity index (χ1n) is 5.63. The van der Waals surface area contributed by atoms with Crippen LogP contribution in [0.3, 0.4) is 0 Å². The smallest absolute Gasteiger partial charge is 0.170 e. The molecule has 0 aromatic heterocycles. The van der Waals surface area contributed by atoms with E-state index < -0.39 is 5.60 Å². The highest BCUT2D eigenvalue weighted by atomic mass is 16.3. The minimum absolute atomic E-state index is 0.137. The average molecular weight is 194 g/mol. The molecule has 0 aromatic carbocycles. The molecule has 2 heteroatoms. The molecule has 4 atom stereocenters. The zero-order chi connectivity index (χ0) is 10.2. The summed E-state index contributed by atoms with van der Waals surface area (Å²) in [6.45, 7) is 4.30. The van der Waals surface area contributed by atoms with Crippen molar-refractivity contribution in [2.24, 2.45) is 16.7 Å². The van der Waals surface area contributed by atoms with E-state index in [0.29, 0.717) is 12.3 Å². The second-order valence-corrected chi connectivity index (χ2v) is 6.56. The topological polar surface area (TPSA) is 37.3 Å². The van der Waals surface area contributed by atoms with Gasteiger partial charge in [-0.3, -0.25) is 4.79 Å². The monoisotopic (exact) mass is 194 g/mol. The van der Waals surface area contributed by atoms with Crippen molar-refractivity contribution >= 4 is 5.78 Å². The molecule has 4 bridgehead atoms. The van der Waals surface area contributed by atoms with Gasteiger partial charge in [-0.1, -0.05) is 13.8 Å². The van der Waals surface area contributed by atoms with Gasteiger partial charge in [0.1, 0.15) is 5.60 Å². The Morgan fingerprint density at radius 2 is 1.93 bits per heavy atom. The molecule has 4 fully saturated rings. The van der Waals surface area contributed by atoms with E-state index in [2.05, 4.69) is 13.8 Å². The molecule has 4 aliphatic carbocycles. The number of carbonyl (C=O) groups excluding carboxylic acids is 1. The van der Waals surface area contributed by atoms with E-state index in [1.54, 1.807) is 0 Å². The van der Waals surface area contributed by atoms with Crippen LogP contribution in [0.15, 0.2) is 0 Å². The molecule has 0 saturated heterocycles. The Kier molecular flexibility index (Phi) is 1.32. The molecular weight excluding hydrogens is 176 g/mol. The Labute approximate surface area is 84.7 Å². The van der Waals surface area contributed by atoms with E-state index in [-0.39, 0.29) is 16.6 Å². The van der Waals surface area contributed by atoms with Crippen molar-refractivity contribution in [2.45, 2.75) is 51.6 Å². The second-order valence-electron chi connectivity index (χ2n) is 6.56. The van der Waals surface area contributed by atoms with Crippen LogP contribution in [0.1, 0.15) is 46.0 Å². The summed E-state index contributed by atoms with van der Waals surface area (Å²) in [5.74, 6) is 0.730. The van der Waals surface area contributed by atoms with Crippen LogP contribution in [0.2, 0.25) is 0 Å². The molecule has 0 aromatic rings. The third-order valence-corrected chi connectivity index (χ3v) is 4.65. The molecule has 4 rings (SSSR count). The maximum absolute atomic E-state index is 12.1. The van der Waals surface area contributed by atoms with Gasteiger partial charge in [0.05, 0.1) is 0 Å². The van der Waals surface area contributed by atoms with E-state index >= 15 is 0 Å². The van der Waals surface area contributed by atoms with Crippen molar-refractivity contribution < 1.29 is 9.90 Å². The van der Waals surface area contributed by atoms with E-state index in [1.807, 2.05) is 0 Å². The van der Waals surface area contributed by atoms with Gasteiger partial charge in [-0.2, -0.15) is 0 Å². The van der Waals surface area contributed by atoms with E-state index in [0.717, 1.165) is 19.3 Å². The van der Waals surface area contributed by atoms with Gasteiger partial charge in [0.2, 0.25) is 0 Å². The number of carbonyl (C=O) groups is 1. The quantitative estimate of drug-likeness (QED) is 0.639. The van der Waals surface area contributed by atoms with Gasteiger partial charge in [0.15, 0.2) is 5.78 Å². The summed E-state index contributed by atoms with van der Waals surface area (Å²) in [6, 6.07) is 0. The standard InChI is InChI=1S/C12H18O2/c1-10-3-8-4-11(2,6-10)9(13)12(14,5-8)7-10/h8,14H,3-7H2,1-2H3. The number of hydrogen-bond donors (Lipinski definition) is 1. The van der Waals surface area contributed by atoms with Crippen molar-refractivity contribution in [1.82, 2.24) is 0 Å². The second kappa shape index (κ2) is 2.08. The fraction of sp³-hybridized carbons (Fsp3) is 0.917. The first-order valence-corrected chi connectivity index (χ1v) is 5.63. The normalized spacial score (nSPS) is 60.8. The summed E-state index contributed by atoms with van der Waals surface area (Å²) in [7, 11) is 0. The number of rotatable bonds is 0. The van der Waals surface area contributed by atoms with Gasteiger partial charge >= 0.3 is 0 Å². The maximum atomic E-state index is 12.1. The number of ketones is 1. The fourth-order valence-electron chi connectivity index (χ4n) is 4.93. The highest BCUT2D eigenvalue weighted by molar-refractivity contribution is 5.94. The summed E-state index contributed by atoms with van der Waals surface area (Å²) >= 11 is 0. The first-order chi connectivity index (χ1) is 6.35. The minimum atomic E-state index is -0.955. The number of Topliss-reactive ketones (excluding diaryl/α,β-unsaturated/α-hetero) is 1. The lowest BCUT2D eigenvalue weighted by Crippen LogP contribution is -2.65. The van der Waals surface area contributed by atoms with Gasteiger partial charge in [0, 0.05) is 5.41 Å². The summed E-state index contributed by atoms with van der Waals surface area (Å²) in [5.41, 5.74) is -0.926. The third-order valence-electron chi connectivity index (χ3n) is 4.65. The molecular formula is C12H18O2. The molecule has 0 radical (unpaired) electrons. The Morgan fingerprint density at radius 3 is 2.50 bits per heavy atom. The number of hydrogen-bond acceptors (Lipinski definition) is 2. The Morgan fingerprint density at radius 1 is 1.21 bits per heavy atom. The summed E-state index contributed by atoms with van der Waals surface area (Å²) in [4.78, 5) is 12.1. The molecule has 0 amide bonds. The Hall–Kier alpha value is -0.370. The van der Waals surface area contributed by atoms with Crippen molar-refractivity contribution in [3.8, 4) is 0 Å². The predicted molar refractivity (Wildman–Crippen MR) is 52.7 cm³/mol. The summed E-state index contributed by atoms with van der Waals surface area (Å²) in [6.07, 6.45) is 4.68. The van der Waals surface area contributed by atoms with Crippen LogP contribution in [0.4, 0.5) is 0 Å². The first kappa shape index (κ1) is 8.90. The summed E-state index contributed by atoms with van der Waals surface area (Å²) in [5, 5.41) is 10.4. The highest BCUT2D eigenvalue weighted by Crippen LogP contribution is 2.64. The van der Waals surface area contributed by atoms with Crippen LogP contribution in [0, 0.1) is 16.7 Å². The van der Waals surface area contributed by atoms with Crippen LogP contribution in [-0.4, -0.2) is 16.5 Å². The summed E-state index contributed by atoms with van der Waals surface area (Å²) < 4.78 is 0. The zero-order valence-corrected chi connectivity index (χ0v) is 8.97. The molecule has 4 unspecified atom stereocenters. The molecule has 14 heavy (non-hydrogen) atoms. The molecule has 2 nitrogen and oxygen atoms in total. The Bertz CT molecular complexity index is 298. The maximum Gasteiger partial charge on any atom is 0.170 e. The molecule has 78 valence electrons. The molecule has 0 aliphatic heterocycles. The molecule has 4 saturated carbocycles. The lowest BCUT2D eigenvalue weighted by molar-refractivity contribution is -0.195. The predicted octanol–water partition coefficient (Wildman–Crippen LogP) is 1.91. The van der Waals surface area contributed by atoms with Crippen molar-refractivity contribution in [1.29, 1.82) is 0 Å². The van der Waals surface area contributed by atoms with Gasteiger partial charge in [-0.25, -0.2) is 0 Å². The van der Waals surface area contributed by atoms with Crippen molar-refractivity contribution in [3.05, 3.63) is 0 Å². The molecule has 1 N–H and O–H groups in total. The van der Waals surface area contributed by atoms with Gasteiger partial charge in [0.25, 0.3) is 0 Å². The van der Waals surface area contributed by atoms with Crippen LogP contribution in [0.25, 0.3) is 0 Å². The lowest BCUT2D eigenvalue weighted by atomic mass is 9.43. The lowest BCUT2D eigenvalue weighted by Gasteiger charge is -2.62. The molecule has 0 spiro atoms. The van der Waals surface area contributed by atoms with Gasteiger partial charge in [-0.15, -0.1) is 0 Å². The Balaban J connectivity index is 2.12. The van der Waals surface area contributed by atoms with Crippen molar-refractivity contribution in [2.75, 3.05) is 0 Å². The van der Waals surface area contributed by atoms with Crippen LogP contribution in [0.5, 0.6) is 0 Å². The minimum Gasteiger partial charge on any atom is -0.382 e. The van der Waals surface area contributed by atoms with Crippen LogP contribution < -0.4 is 0 Å². The van der Waals surface area contributed by atoms with Crippen LogP contribution >= 0.6 is 0 Å². The SMILES string of the molecule is CC12CC3CC(C)(C1)C(=O)C(O)(C3)C2. The van der Waals surface area contributed by atoms with Gasteiger partial charge in [-0.05, 0) is 43.4 Å². The molecule has 0 heterocycles. The third kappa shape index (κ3) is 0.881. The molecule has 4 aliphatic rings. The van der Waals surface area contributed by atoms with E-state index in [1.165, 1.54) is 6.42 Å². The van der Waals surface area contributed by atoms with Crippen LogP contribution in [-0.2, 0) is 4.79 Å². The van der Waals surface area contributed by atoms with E-state index in [9.17, 15) is 9.90 Å². The van der Waals surface area contributed by atoms with E-state index in [4.69, 9.17) is 0 Å². The van der Waals surface area contributed by atoms with Gasteiger partial charge < -0.3 is 5.11 Å². The average Bonchev–Trinajstić information content (AvgIpc) is 1.95. The fourth-order valence-corrected chi connectivity index (χ4v) is 4.93.